The van der Waals surface area contributed by atoms with Crippen LogP contribution in [0.25, 0.3) is 66.2 Å². The van der Waals surface area contributed by atoms with Crippen LogP contribution in [-0.4, -0.2) is 16.2 Å². The molecule has 89 heavy (non-hydrogen) atoms. The first kappa shape index (κ1) is 70.0. The number of fused-ring (bicyclic) bond motifs is 9. The van der Waals surface area contributed by atoms with Gasteiger partial charge >= 0.3 is 0 Å². The Hall–Kier alpha value is -6.45. The summed E-state index contributed by atoms with van der Waals surface area (Å²) in [6, 6.07) is 61.0. The van der Waals surface area contributed by atoms with Gasteiger partial charge in [0.15, 0.2) is 0 Å². The molecule has 1 aromatic heterocycles. The number of benzene rings is 8. The first-order chi connectivity index (χ1) is 43.5. The van der Waals surface area contributed by atoms with E-state index in [1.165, 1.54) is 206 Å². The highest BCUT2D eigenvalue weighted by atomic mass is 16.5. The van der Waals surface area contributed by atoms with E-state index >= 15 is 0 Å². The molecule has 0 spiro atoms. The van der Waals surface area contributed by atoms with Gasteiger partial charge in [0.1, 0.15) is 11.6 Å². The fourth-order valence-electron chi connectivity index (χ4n) is 14.2. The van der Waals surface area contributed by atoms with Crippen LogP contribution in [0, 0.1) is 0 Å². The molecule has 0 N–H and O–H groups in total. The van der Waals surface area contributed by atoms with Gasteiger partial charge in [0.05, 0.1) is 17.6 Å². The van der Waals surface area contributed by atoms with Gasteiger partial charge in [-0.1, -0.05) is 328 Å². The maximum atomic E-state index is 6.38. The first-order valence-electron chi connectivity index (χ1n) is 36.1. The summed E-state index contributed by atoms with van der Waals surface area (Å²) in [4.78, 5) is 5.89. The number of hydrogen-bond acceptors (Lipinski definition) is 2. The third-order valence-corrected chi connectivity index (χ3v) is 19.5. The molecule has 0 unspecified atom stereocenters. The van der Waals surface area contributed by atoms with Gasteiger partial charge in [-0.2, -0.15) is 0 Å². The lowest BCUT2D eigenvalue weighted by Crippen LogP contribution is -2.27. The molecule has 10 rings (SSSR count). The summed E-state index contributed by atoms with van der Waals surface area (Å²) in [7, 11) is 0. The molecule has 3 heteroatoms. The Morgan fingerprint density at radius 1 is 0.382 bits per heavy atom. The number of imidazole rings is 1. The van der Waals surface area contributed by atoms with Crippen molar-refractivity contribution < 1.29 is 4.74 Å². The Morgan fingerprint density at radius 2 is 0.820 bits per heavy atom. The van der Waals surface area contributed by atoms with Crippen molar-refractivity contribution in [2.75, 3.05) is 6.61 Å². The van der Waals surface area contributed by atoms with Crippen molar-refractivity contribution in [1.29, 1.82) is 0 Å². The number of rotatable bonds is 31. The Morgan fingerprint density at radius 3 is 1.39 bits per heavy atom. The third-order valence-electron chi connectivity index (χ3n) is 19.5. The Balaban J connectivity index is 0.00000182. The Bertz CT molecular complexity index is 3530. The molecule has 0 fully saturated rings. The average molecular weight is 1190 g/mol. The van der Waals surface area contributed by atoms with Crippen LogP contribution in [0.4, 0.5) is 0 Å². The third kappa shape index (κ3) is 16.2. The molecule has 3 nitrogen and oxygen atoms in total. The summed E-state index contributed by atoms with van der Waals surface area (Å²) in [5, 5.41) is 5.06. The second-order valence-corrected chi connectivity index (χ2v) is 25.9. The molecule has 0 saturated heterocycles. The van der Waals surface area contributed by atoms with Crippen LogP contribution in [0.1, 0.15) is 272 Å². The molecule has 0 atom stereocenters. The van der Waals surface area contributed by atoms with Crippen LogP contribution in [-0.2, 0) is 22.8 Å². The Kier molecular flexibility index (Phi) is 27.3. The number of aryl methyl sites for hydroxylation is 1. The van der Waals surface area contributed by atoms with Crippen molar-refractivity contribution in [3.05, 3.63) is 191 Å². The zero-order valence-electron chi connectivity index (χ0n) is 58.3. The van der Waals surface area contributed by atoms with Crippen molar-refractivity contribution in [2.45, 2.75) is 261 Å². The van der Waals surface area contributed by atoms with Gasteiger partial charge in [-0.25, -0.2) is 4.98 Å². The van der Waals surface area contributed by atoms with Crippen LogP contribution < -0.4 is 4.74 Å². The highest BCUT2D eigenvalue weighted by molar-refractivity contribution is 6.24. The van der Waals surface area contributed by atoms with Crippen molar-refractivity contribution in [3.8, 4) is 39.4 Å². The van der Waals surface area contributed by atoms with Gasteiger partial charge in [0, 0.05) is 39.1 Å². The molecule has 8 aromatic carbocycles. The topological polar surface area (TPSA) is 27.1 Å². The molecule has 1 aliphatic carbocycles. The number of aromatic nitrogens is 2. The number of unbranched alkanes of at least 4 members (excludes halogenated alkanes) is 16. The smallest absolute Gasteiger partial charge is 0.141 e. The highest BCUT2D eigenvalue weighted by Crippen LogP contribution is 2.56. The van der Waals surface area contributed by atoms with Gasteiger partial charge in [-0.3, -0.25) is 0 Å². The summed E-state index contributed by atoms with van der Waals surface area (Å²) < 4.78 is 8.99. The normalized spacial score (nSPS) is 12.4. The second kappa shape index (κ2) is 34.7. The number of nitrogens with zero attached hydrogens (tertiary/aromatic N) is 2. The van der Waals surface area contributed by atoms with Crippen LogP contribution >= 0.6 is 0 Å². The molecular weight excluding hydrogens is 1080 g/mol. The zero-order chi connectivity index (χ0) is 63.8. The van der Waals surface area contributed by atoms with Crippen molar-refractivity contribution in [1.82, 2.24) is 9.55 Å². The summed E-state index contributed by atoms with van der Waals surface area (Å²) in [6.07, 6.45) is 27.4. The standard InChI is InChI=1S/C80H98N2O.3C2H6/c1-9-13-17-21-23-33-53-82-76-72-57-64(78(5,6)62-35-27-25-28-36-62)43-49-68(72)67-47-41-60(55-71(67)75(76)81-77(82)59-39-45-66(46-40-59)83-54-34-24-22-18-14-10-2)61-42-48-69-70-50-44-65(79(7,8)63-37-29-26-30-38-63)58-74(70)80(73(69)56-61,51-31-19-15-11-3)52-32-20-16-12-4;3*1-2/h25-30,35-50,55-58H,9-24,31-34,51-54H2,1-8H3;3*1-2H3. The molecule has 1 heterocycles. The van der Waals surface area contributed by atoms with E-state index in [1.807, 2.05) is 41.5 Å². The van der Waals surface area contributed by atoms with Crippen LogP contribution in [0.15, 0.2) is 158 Å². The fourth-order valence-corrected chi connectivity index (χ4v) is 14.2. The van der Waals surface area contributed by atoms with Gasteiger partial charge in [-0.15, -0.1) is 0 Å². The second-order valence-electron chi connectivity index (χ2n) is 25.9. The predicted molar refractivity (Wildman–Crippen MR) is 393 cm³/mol. The van der Waals surface area contributed by atoms with E-state index in [-0.39, 0.29) is 16.2 Å². The van der Waals surface area contributed by atoms with Crippen LogP contribution in [0.3, 0.4) is 0 Å². The van der Waals surface area contributed by atoms with Gasteiger partial charge in [0.25, 0.3) is 0 Å². The molecule has 476 valence electrons. The van der Waals surface area contributed by atoms with Crippen molar-refractivity contribution >= 4 is 32.6 Å². The lowest BCUT2D eigenvalue weighted by molar-refractivity contribution is 0.304. The van der Waals surface area contributed by atoms with Crippen LogP contribution in [0.2, 0.25) is 0 Å². The molecule has 1 aliphatic rings. The maximum Gasteiger partial charge on any atom is 0.141 e. The van der Waals surface area contributed by atoms with Crippen LogP contribution in [0.5, 0.6) is 5.75 Å². The minimum absolute atomic E-state index is 0.0600. The lowest BCUT2D eigenvalue weighted by atomic mass is 9.68. The summed E-state index contributed by atoms with van der Waals surface area (Å²) in [5.41, 5.74) is 17.0. The quantitative estimate of drug-likeness (QED) is 0.0320. The molecule has 0 aliphatic heterocycles. The maximum absolute atomic E-state index is 6.38. The zero-order valence-corrected chi connectivity index (χ0v) is 58.3. The van der Waals surface area contributed by atoms with Gasteiger partial charge in [0.2, 0.25) is 0 Å². The summed E-state index contributed by atoms with van der Waals surface area (Å²) in [5.74, 6) is 1.98. The van der Waals surface area contributed by atoms with E-state index in [1.54, 1.807) is 5.56 Å². The summed E-state index contributed by atoms with van der Waals surface area (Å²) in [6.45, 7) is 32.6. The predicted octanol–water partition coefficient (Wildman–Crippen LogP) is 26.7. The summed E-state index contributed by atoms with van der Waals surface area (Å²) >= 11 is 0. The first-order valence-corrected chi connectivity index (χ1v) is 36.1. The van der Waals surface area contributed by atoms with E-state index in [2.05, 4.69) is 218 Å². The van der Waals surface area contributed by atoms with Gasteiger partial charge < -0.3 is 9.30 Å². The van der Waals surface area contributed by atoms with Crippen molar-refractivity contribution in [3.63, 3.8) is 0 Å². The van der Waals surface area contributed by atoms with E-state index < -0.39 is 0 Å². The molecular formula is C86H116N2O. The Labute approximate surface area is 541 Å². The largest absolute Gasteiger partial charge is 0.494 e. The van der Waals surface area contributed by atoms with Gasteiger partial charge in [-0.05, 0) is 135 Å². The number of hydrogen-bond donors (Lipinski definition) is 0. The van der Waals surface area contributed by atoms with Crippen molar-refractivity contribution in [2.24, 2.45) is 0 Å². The van der Waals surface area contributed by atoms with E-state index in [4.69, 9.17) is 9.72 Å². The molecule has 9 aromatic rings. The van der Waals surface area contributed by atoms with E-state index in [9.17, 15) is 0 Å². The SMILES string of the molecule is CC.CC.CC.CCCCCCCCOc1ccc(-c2nc3c4cc(-c5ccc6c(c5)C(CCCCCC)(CCCCCC)c5cc(C(C)(C)c7ccccc7)ccc5-6)ccc4c4ccc(C(C)(C)c5ccccc5)cc4c3n2CCCCCCCC)cc1. The van der Waals surface area contributed by atoms with E-state index in [0.29, 0.717) is 0 Å². The number of ether oxygens (including phenoxy) is 1. The monoisotopic (exact) mass is 1190 g/mol. The average Bonchev–Trinajstić information content (AvgIpc) is 1.82. The fraction of sp³-hybridized carbons (Fsp3) is 0.477. The minimum Gasteiger partial charge on any atom is -0.494 e. The highest BCUT2D eigenvalue weighted by Gasteiger charge is 2.43. The molecule has 0 saturated carbocycles. The lowest BCUT2D eigenvalue weighted by Gasteiger charge is -2.35. The molecule has 0 radical (unpaired) electrons. The van der Waals surface area contributed by atoms with E-state index in [0.717, 1.165) is 48.6 Å². The minimum atomic E-state index is -0.201. The molecule has 0 amide bonds. The molecule has 0 bridgehead atoms.